The van der Waals surface area contributed by atoms with Crippen LogP contribution >= 0.6 is 11.6 Å². The number of hydrogen-bond acceptors (Lipinski definition) is 2. The summed E-state index contributed by atoms with van der Waals surface area (Å²) in [6.07, 6.45) is 1.21. The molecule has 0 aromatic heterocycles. The second-order valence-electron chi connectivity index (χ2n) is 4.25. The molecule has 3 nitrogen and oxygen atoms in total. The van der Waals surface area contributed by atoms with Gasteiger partial charge in [-0.15, -0.1) is 0 Å². The van der Waals surface area contributed by atoms with Crippen LogP contribution in [0.25, 0.3) is 0 Å². The van der Waals surface area contributed by atoms with Gasteiger partial charge in [0.15, 0.2) is 0 Å². The summed E-state index contributed by atoms with van der Waals surface area (Å²) in [5.41, 5.74) is 0.840. The molecule has 1 rings (SSSR count). The normalized spacial score (nSPS) is 12.2. The van der Waals surface area contributed by atoms with Gasteiger partial charge in [-0.25, -0.2) is 0 Å². The van der Waals surface area contributed by atoms with E-state index < -0.39 is 6.10 Å². The summed E-state index contributed by atoms with van der Waals surface area (Å²) in [7, 11) is 3.47. The van der Waals surface area contributed by atoms with E-state index in [9.17, 15) is 9.90 Å². The van der Waals surface area contributed by atoms with Gasteiger partial charge < -0.3 is 10.0 Å². The summed E-state index contributed by atoms with van der Waals surface area (Å²) >= 11 is 5.77. The summed E-state index contributed by atoms with van der Waals surface area (Å²) < 4.78 is 0. The van der Waals surface area contributed by atoms with Crippen molar-refractivity contribution in [1.29, 1.82) is 0 Å². The number of rotatable bonds is 5. The summed E-state index contributed by atoms with van der Waals surface area (Å²) in [5, 5.41) is 10.6. The average Bonchev–Trinajstić information content (AvgIpc) is 2.29. The number of aliphatic hydroxyl groups is 1. The third-order valence-corrected chi connectivity index (χ3v) is 2.87. The Morgan fingerprint density at radius 3 is 2.47 bits per heavy atom. The van der Waals surface area contributed by atoms with Gasteiger partial charge >= 0.3 is 0 Å². The van der Waals surface area contributed by atoms with Gasteiger partial charge in [0.1, 0.15) is 0 Å². The molecule has 1 N–H and O–H groups in total. The molecule has 1 amide bonds. The first-order chi connectivity index (χ1) is 8.00. The molecule has 1 atom stereocenters. The zero-order valence-electron chi connectivity index (χ0n) is 10.2. The van der Waals surface area contributed by atoms with E-state index in [2.05, 4.69) is 0 Å². The van der Waals surface area contributed by atoms with Crippen LogP contribution in [0.4, 0.5) is 0 Å². The van der Waals surface area contributed by atoms with Crippen molar-refractivity contribution < 1.29 is 9.90 Å². The number of amides is 1. The molecule has 0 spiro atoms. The van der Waals surface area contributed by atoms with Gasteiger partial charge in [0.05, 0.1) is 6.10 Å². The topological polar surface area (TPSA) is 40.5 Å². The molecule has 0 aliphatic carbocycles. The fourth-order valence-corrected chi connectivity index (χ4v) is 1.65. The van der Waals surface area contributed by atoms with Gasteiger partial charge in [-0.2, -0.15) is 0 Å². The van der Waals surface area contributed by atoms with Crippen LogP contribution in [0.1, 0.15) is 30.9 Å². The SMILES string of the molecule is CN(C)C(=O)CCCC(O)c1ccc(Cl)cc1. The van der Waals surface area contributed by atoms with E-state index in [1.54, 1.807) is 43.3 Å². The molecule has 1 unspecified atom stereocenters. The molecule has 0 saturated carbocycles. The van der Waals surface area contributed by atoms with E-state index >= 15 is 0 Å². The molecular weight excluding hydrogens is 238 g/mol. The Balaban J connectivity index is 2.37. The number of benzene rings is 1. The largest absolute Gasteiger partial charge is 0.388 e. The number of aliphatic hydroxyl groups excluding tert-OH is 1. The van der Waals surface area contributed by atoms with Crippen molar-refractivity contribution in [2.24, 2.45) is 0 Å². The van der Waals surface area contributed by atoms with Crippen LogP contribution in [-0.2, 0) is 4.79 Å². The minimum atomic E-state index is -0.526. The summed E-state index contributed by atoms with van der Waals surface area (Å²) in [6, 6.07) is 7.12. The third kappa shape index (κ3) is 4.75. The van der Waals surface area contributed by atoms with Gasteiger partial charge in [0.25, 0.3) is 0 Å². The summed E-state index contributed by atoms with van der Waals surface area (Å²) in [4.78, 5) is 12.9. The molecular formula is C13H18ClNO2. The highest BCUT2D eigenvalue weighted by Gasteiger charge is 2.09. The number of hydrogen-bond donors (Lipinski definition) is 1. The summed E-state index contributed by atoms with van der Waals surface area (Å²) in [6.45, 7) is 0. The highest BCUT2D eigenvalue weighted by molar-refractivity contribution is 6.30. The van der Waals surface area contributed by atoms with Crippen LogP contribution in [0, 0.1) is 0 Å². The highest BCUT2D eigenvalue weighted by Crippen LogP contribution is 2.21. The van der Waals surface area contributed by atoms with E-state index in [0.717, 1.165) is 5.56 Å². The van der Waals surface area contributed by atoms with E-state index in [1.165, 1.54) is 0 Å². The lowest BCUT2D eigenvalue weighted by Gasteiger charge is -2.13. The maximum absolute atomic E-state index is 11.3. The monoisotopic (exact) mass is 255 g/mol. The van der Waals surface area contributed by atoms with E-state index in [0.29, 0.717) is 24.3 Å². The lowest BCUT2D eigenvalue weighted by atomic mass is 10.0. The Morgan fingerprint density at radius 1 is 1.35 bits per heavy atom. The summed E-state index contributed by atoms with van der Waals surface area (Å²) in [5.74, 6) is 0.0910. The molecule has 0 fully saturated rings. The van der Waals surface area contributed by atoms with Crippen molar-refractivity contribution in [2.75, 3.05) is 14.1 Å². The third-order valence-electron chi connectivity index (χ3n) is 2.62. The van der Waals surface area contributed by atoms with Gasteiger partial charge in [-0.3, -0.25) is 4.79 Å². The molecule has 0 heterocycles. The van der Waals surface area contributed by atoms with E-state index in [1.807, 2.05) is 0 Å². The predicted octanol–water partition coefficient (Wildman–Crippen LogP) is 2.63. The molecule has 4 heteroatoms. The molecule has 0 radical (unpaired) electrons. The molecule has 94 valence electrons. The van der Waals surface area contributed by atoms with Gasteiger partial charge in [0, 0.05) is 25.5 Å². The molecule has 0 bridgehead atoms. The Labute approximate surface area is 107 Å². The second kappa shape index (κ2) is 6.62. The molecule has 0 aliphatic rings. The average molecular weight is 256 g/mol. The van der Waals surface area contributed by atoms with Gasteiger partial charge in [-0.05, 0) is 30.5 Å². The van der Waals surface area contributed by atoms with Crippen LogP contribution in [-0.4, -0.2) is 30.0 Å². The predicted molar refractivity (Wildman–Crippen MR) is 69.0 cm³/mol. The van der Waals surface area contributed by atoms with Crippen molar-refractivity contribution >= 4 is 17.5 Å². The van der Waals surface area contributed by atoms with Crippen molar-refractivity contribution in [2.45, 2.75) is 25.4 Å². The number of nitrogens with zero attached hydrogens (tertiary/aromatic N) is 1. The first-order valence-corrected chi connectivity index (χ1v) is 6.02. The van der Waals surface area contributed by atoms with Crippen LogP contribution in [0.3, 0.4) is 0 Å². The number of carbonyl (C=O) groups is 1. The molecule has 1 aromatic rings. The Kier molecular flexibility index (Phi) is 5.45. The Morgan fingerprint density at radius 2 is 1.94 bits per heavy atom. The zero-order chi connectivity index (χ0) is 12.8. The van der Waals surface area contributed by atoms with Crippen LogP contribution in [0.15, 0.2) is 24.3 Å². The molecule has 1 aromatic carbocycles. The van der Waals surface area contributed by atoms with Crippen molar-refractivity contribution in [1.82, 2.24) is 4.90 Å². The van der Waals surface area contributed by atoms with Crippen LogP contribution in [0.5, 0.6) is 0 Å². The smallest absolute Gasteiger partial charge is 0.222 e. The fraction of sp³-hybridized carbons (Fsp3) is 0.462. The minimum Gasteiger partial charge on any atom is -0.388 e. The van der Waals surface area contributed by atoms with Gasteiger partial charge in [0.2, 0.25) is 5.91 Å². The van der Waals surface area contributed by atoms with Crippen molar-refractivity contribution in [3.05, 3.63) is 34.9 Å². The number of carbonyl (C=O) groups excluding carboxylic acids is 1. The molecule has 0 aliphatic heterocycles. The lowest BCUT2D eigenvalue weighted by Crippen LogP contribution is -2.21. The van der Waals surface area contributed by atoms with Crippen LogP contribution < -0.4 is 0 Å². The van der Waals surface area contributed by atoms with Crippen LogP contribution in [0.2, 0.25) is 5.02 Å². The maximum atomic E-state index is 11.3. The van der Waals surface area contributed by atoms with Gasteiger partial charge in [-0.1, -0.05) is 23.7 Å². The zero-order valence-corrected chi connectivity index (χ0v) is 10.9. The lowest BCUT2D eigenvalue weighted by molar-refractivity contribution is -0.128. The van der Waals surface area contributed by atoms with Crippen molar-refractivity contribution in [3.8, 4) is 0 Å². The van der Waals surface area contributed by atoms with E-state index in [-0.39, 0.29) is 5.91 Å². The van der Waals surface area contributed by atoms with Crippen molar-refractivity contribution in [3.63, 3.8) is 0 Å². The first-order valence-electron chi connectivity index (χ1n) is 5.64. The molecule has 17 heavy (non-hydrogen) atoms. The minimum absolute atomic E-state index is 0.0910. The Bertz CT molecular complexity index is 362. The maximum Gasteiger partial charge on any atom is 0.222 e. The Hall–Kier alpha value is -1.06. The number of halogens is 1. The highest BCUT2D eigenvalue weighted by atomic mass is 35.5. The fourth-order valence-electron chi connectivity index (χ4n) is 1.52. The standard InChI is InChI=1S/C13H18ClNO2/c1-15(2)13(17)5-3-4-12(16)10-6-8-11(14)9-7-10/h6-9,12,16H,3-5H2,1-2H3. The van der Waals surface area contributed by atoms with E-state index in [4.69, 9.17) is 11.6 Å². The first kappa shape index (κ1) is 14.0. The second-order valence-corrected chi connectivity index (χ2v) is 4.68. The quantitative estimate of drug-likeness (QED) is 0.879. The molecule has 0 saturated heterocycles.